The second kappa shape index (κ2) is 7.00. The normalized spacial score (nSPS) is 10.4. The summed E-state index contributed by atoms with van der Waals surface area (Å²) in [4.78, 5) is 0. The summed E-state index contributed by atoms with van der Waals surface area (Å²) in [6.45, 7) is 2.51. The van der Waals surface area contributed by atoms with E-state index in [2.05, 4.69) is 15.9 Å². The van der Waals surface area contributed by atoms with Crippen LogP contribution >= 0.6 is 27.5 Å². The molecule has 0 spiro atoms. The maximum Gasteiger partial charge on any atom is 0.127 e. The van der Waals surface area contributed by atoms with Gasteiger partial charge in [0.05, 0.1) is 13.0 Å². The van der Waals surface area contributed by atoms with Gasteiger partial charge < -0.3 is 9.47 Å². The number of hydrogen-bond donors (Lipinski definition) is 0. The maximum atomic E-state index is 5.98. The van der Waals surface area contributed by atoms with E-state index in [0.717, 1.165) is 32.7 Å². The molecule has 2 aromatic rings. The van der Waals surface area contributed by atoms with E-state index < -0.39 is 0 Å². The van der Waals surface area contributed by atoms with Crippen LogP contribution in [0.1, 0.15) is 16.7 Å². The Bertz CT molecular complexity index is 599. The first-order chi connectivity index (χ1) is 9.63. The second-order valence-corrected chi connectivity index (χ2v) is 5.67. The zero-order valence-electron chi connectivity index (χ0n) is 11.5. The number of methoxy groups -OCH3 is 1. The highest BCUT2D eigenvalue weighted by molar-refractivity contribution is 9.10. The molecule has 0 amide bonds. The lowest BCUT2D eigenvalue weighted by Crippen LogP contribution is -2.00. The van der Waals surface area contributed by atoms with Gasteiger partial charge in [0, 0.05) is 10.0 Å². The van der Waals surface area contributed by atoms with E-state index >= 15 is 0 Å². The molecule has 2 aromatic carbocycles. The molecule has 2 nitrogen and oxygen atoms in total. The molecule has 4 heteroatoms. The summed E-state index contributed by atoms with van der Waals surface area (Å²) in [5, 5.41) is 0. The van der Waals surface area contributed by atoms with Crippen LogP contribution in [0, 0.1) is 6.92 Å². The lowest BCUT2D eigenvalue weighted by molar-refractivity contribution is 0.300. The molecule has 0 saturated heterocycles. The number of ether oxygens (including phenoxy) is 2. The highest BCUT2D eigenvalue weighted by Crippen LogP contribution is 2.30. The Hall–Kier alpha value is -1.19. The van der Waals surface area contributed by atoms with Gasteiger partial charge >= 0.3 is 0 Å². The standard InChI is InChI=1S/C16H16BrClO2/c1-11-6-14(17)8-13(9-18)16(11)20-10-12-4-3-5-15(7-12)19-2/h3-8H,9-10H2,1-2H3. The predicted molar refractivity (Wildman–Crippen MR) is 85.8 cm³/mol. The van der Waals surface area contributed by atoms with Crippen molar-refractivity contribution in [2.45, 2.75) is 19.4 Å². The van der Waals surface area contributed by atoms with E-state index in [1.165, 1.54) is 0 Å². The molecular formula is C16H16BrClO2. The van der Waals surface area contributed by atoms with Crippen LogP contribution in [0.2, 0.25) is 0 Å². The van der Waals surface area contributed by atoms with Crippen molar-refractivity contribution in [3.8, 4) is 11.5 Å². The van der Waals surface area contributed by atoms with Crippen LogP contribution in [0.4, 0.5) is 0 Å². The highest BCUT2D eigenvalue weighted by Gasteiger charge is 2.09. The van der Waals surface area contributed by atoms with Crippen LogP contribution < -0.4 is 9.47 Å². The largest absolute Gasteiger partial charge is 0.497 e. The third-order valence-corrected chi connectivity index (χ3v) is 3.72. The Labute approximate surface area is 132 Å². The van der Waals surface area contributed by atoms with Crippen LogP contribution in [0.25, 0.3) is 0 Å². The Balaban J connectivity index is 2.18. The summed E-state index contributed by atoms with van der Waals surface area (Å²) in [6, 6.07) is 11.9. The van der Waals surface area contributed by atoms with E-state index in [-0.39, 0.29) is 0 Å². The van der Waals surface area contributed by atoms with E-state index in [1.807, 2.05) is 43.3 Å². The molecule has 0 N–H and O–H groups in total. The Kier molecular flexibility index (Phi) is 5.32. The van der Waals surface area contributed by atoms with Gasteiger partial charge in [-0.3, -0.25) is 0 Å². The molecule has 2 rings (SSSR count). The third-order valence-electron chi connectivity index (χ3n) is 2.98. The average Bonchev–Trinajstić information content (AvgIpc) is 2.45. The molecule has 0 bridgehead atoms. The lowest BCUT2D eigenvalue weighted by atomic mass is 10.1. The molecule has 106 valence electrons. The van der Waals surface area contributed by atoms with Crippen LogP contribution in [0.5, 0.6) is 11.5 Å². The summed E-state index contributed by atoms with van der Waals surface area (Å²) < 4.78 is 12.2. The van der Waals surface area contributed by atoms with E-state index in [1.54, 1.807) is 7.11 Å². The number of aryl methyl sites for hydroxylation is 1. The Morgan fingerprint density at radius 2 is 2.00 bits per heavy atom. The smallest absolute Gasteiger partial charge is 0.127 e. The molecule has 20 heavy (non-hydrogen) atoms. The zero-order valence-corrected chi connectivity index (χ0v) is 13.8. The van der Waals surface area contributed by atoms with E-state index in [9.17, 15) is 0 Å². The van der Waals surface area contributed by atoms with Crippen molar-refractivity contribution >= 4 is 27.5 Å². The molecule has 0 heterocycles. The van der Waals surface area contributed by atoms with Crippen molar-refractivity contribution in [2.75, 3.05) is 7.11 Å². The number of rotatable bonds is 5. The van der Waals surface area contributed by atoms with Crippen LogP contribution in [-0.4, -0.2) is 7.11 Å². The van der Waals surface area contributed by atoms with Gasteiger partial charge in [0.25, 0.3) is 0 Å². The highest BCUT2D eigenvalue weighted by atomic mass is 79.9. The first-order valence-corrected chi connectivity index (χ1v) is 7.57. The molecule has 0 saturated carbocycles. The number of benzene rings is 2. The molecule has 0 atom stereocenters. The van der Waals surface area contributed by atoms with Gasteiger partial charge in [-0.2, -0.15) is 0 Å². The van der Waals surface area contributed by atoms with Crippen molar-refractivity contribution in [2.24, 2.45) is 0 Å². The molecule has 0 fully saturated rings. The van der Waals surface area contributed by atoms with Crippen molar-refractivity contribution in [3.05, 3.63) is 57.6 Å². The Morgan fingerprint density at radius 3 is 2.70 bits per heavy atom. The van der Waals surface area contributed by atoms with E-state index in [0.29, 0.717) is 12.5 Å². The fraction of sp³-hybridized carbons (Fsp3) is 0.250. The van der Waals surface area contributed by atoms with Gasteiger partial charge in [-0.1, -0.05) is 28.1 Å². The topological polar surface area (TPSA) is 18.5 Å². The summed E-state index contributed by atoms with van der Waals surface area (Å²) >= 11 is 9.46. The average molecular weight is 356 g/mol. The minimum atomic E-state index is 0.424. The molecule has 0 radical (unpaired) electrons. The quantitative estimate of drug-likeness (QED) is 0.696. The van der Waals surface area contributed by atoms with Crippen LogP contribution in [0.3, 0.4) is 0 Å². The molecule has 0 aliphatic carbocycles. The number of halogens is 2. The SMILES string of the molecule is COc1cccc(COc2c(C)cc(Br)cc2CCl)c1. The van der Waals surface area contributed by atoms with Gasteiger partial charge in [0.15, 0.2) is 0 Å². The summed E-state index contributed by atoms with van der Waals surface area (Å²) in [5.74, 6) is 2.11. The molecular weight excluding hydrogens is 340 g/mol. The second-order valence-electron chi connectivity index (χ2n) is 4.48. The molecule has 0 aliphatic rings. The van der Waals surface area contributed by atoms with Gasteiger partial charge in [0.1, 0.15) is 18.1 Å². The van der Waals surface area contributed by atoms with Crippen LogP contribution in [0.15, 0.2) is 40.9 Å². The summed E-state index contributed by atoms with van der Waals surface area (Å²) in [6.07, 6.45) is 0. The van der Waals surface area contributed by atoms with Crippen molar-refractivity contribution in [1.82, 2.24) is 0 Å². The minimum Gasteiger partial charge on any atom is -0.497 e. The fourth-order valence-electron chi connectivity index (χ4n) is 2.02. The van der Waals surface area contributed by atoms with Crippen molar-refractivity contribution in [1.29, 1.82) is 0 Å². The van der Waals surface area contributed by atoms with Gasteiger partial charge in [-0.05, 0) is 42.3 Å². The lowest BCUT2D eigenvalue weighted by Gasteiger charge is -2.14. The third kappa shape index (κ3) is 3.68. The monoisotopic (exact) mass is 354 g/mol. The minimum absolute atomic E-state index is 0.424. The number of hydrogen-bond acceptors (Lipinski definition) is 2. The molecule has 0 unspecified atom stereocenters. The summed E-state index contributed by atoms with van der Waals surface area (Å²) in [7, 11) is 1.66. The van der Waals surface area contributed by atoms with Gasteiger partial charge in [-0.15, -0.1) is 11.6 Å². The van der Waals surface area contributed by atoms with Gasteiger partial charge in [0.2, 0.25) is 0 Å². The Morgan fingerprint density at radius 1 is 1.20 bits per heavy atom. The predicted octanol–water partition coefficient (Wildman–Crippen LogP) is 5.08. The summed E-state index contributed by atoms with van der Waals surface area (Å²) in [5.41, 5.74) is 3.12. The molecule has 0 aliphatic heterocycles. The van der Waals surface area contributed by atoms with Crippen molar-refractivity contribution in [3.63, 3.8) is 0 Å². The van der Waals surface area contributed by atoms with E-state index in [4.69, 9.17) is 21.1 Å². The van der Waals surface area contributed by atoms with Crippen LogP contribution in [-0.2, 0) is 12.5 Å². The molecule has 0 aromatic heterocycles. The van der Waals surface area contributed by atoms with Crippen molar-refractivity contribution < 1.29 is 9.47 Å². The maximum absolute atomic E-state index is 5.98. The first kappa shape index (κ1) is 15.2. The number of alkyl halides is 1. The van der Waals surface area contributed by atoms with Gasteiger partial charge in [-0.25, -0.2) is 0 Å². The first-order valence-electron chi connectivity index (χ1n) is 6.24. The fourth-order valence-corrected chi connectivity index (χ4v) is 2.84. The zero-order chi connectivity index (χ0) is 14.5.